The minimum absolute atomic E-state index is 0. The molecule has 0 fully saturated rings. The average molecular weight is 2140 g/mol. The first kappa shape index (κ1) is 128. The van der Waals surface area contributed by atoms with E-state index in [1.165, 1.54) is 132 Å². The topological polar surface area (TPSA) is 15.5 Å². The molecule has 0 bridgehead atoms. The van der Waals surface area contributed by atoms with Crippen molar-refractivity contribution in [2.75, 3.05) is 0 Å². The molecule has 0 saturated carbocycles. The van der Waals surface area contributed by atoms with Gasteiger partial charge in [0.2, 0.25) is 0 Å². The van der Waals surface area contributed by atoms with Crippen LogP contribution in [0.2, 0.25) is 0 Å². The zero-order valence-corrected chi connectivity index (χ0v) is 101. The number of aromatic nitrogens is 4. The van der Waals surface area contributed by atoms with Crippen LogP contribution in [-0.2, 0) is 165 Å². The molecule has 8 heteroatoms. The van der Waals surface area contributed by atoms with Crippen molar-refractivity contribution in [2.24, 2.45) is 28.2 Å². The zero-order chi connectivity index (χ0) is 99.6. The van der Waals surface area contributed by atoms with E-state index in [-0.39, 0.29) is 131 Å². The van der Waals surface area contributed by atoms with Crippen molar-refractivity contribution < 1.29 is 149 Å². The predicted molar refractivity (Wildman–Crippen MR) is 595 cm³/mol. The molecule has 4 radical (unpaired) electrons. The molecular formula is C131H152N4Y4-4. The number of aryl methyl sites for hydroxylation is 8. The average Bonchev–Trinajstić information content (AvgIpc) is 0.741. The van der Waals surface area contributed by atoms with Crippen LogP contribution in [0.25, 0.3) is 171 Å². The van der Waals surface area contributed by atoms with Gasteiger partial charge in [0, 0.05) is 167 Å². The van der Waals surface area contributed by atoms with Gasteiger partial charge in [-0.2, -0.15) is 118 Å². The predicted octanol–water partition coefficient (Wildman–Crippen LogP) is 36.0. The summed E-state index contributed by atoms with van der Waals surface area (Å²) in [6, 6.07) is 131. The van der Waals surface area contributed by atoms with Gasteiger partial charge < -0.3 is 0 Å². The van der Waals surface area contributed by atoms with Crippen LogP contribution in [0.1, 0.15) is 200 Å². The van der Waals surface area contributed by atoms with Crippen molar-refractivity contribution in [2.45, 2.75) is 200 Å². The summed E-state index contributed by atoms with van der Waals surface area (Å²) in [6.45, 7) is 56.6. The maximum Gasteiger partial charge on any atom is 0.193 e. The van der Waals surface area contributed by atoms with Gasteiger partial charge in [-0.1, -0.05) is 418 Å². The first-order valence-corrected chi connectivity index (χ1v) is 49.9. The van der Waals surface area contributed by atoms with Gasteiger partial charge in [-0.05, 0) is 35.7 Å². The largest absolute Gasteiger partial charge is 0.234 e. The van der Waals surface area contributed by atoms with Crippen molar-refractivity contribution in [1.82, 2.24) is 0 Å². The van der Waals surface area contributed by atoms with Crippen LogP contribution in [-0.4, -0.2) is 0 Å². The summed E-state index contributed by atoms with van der Waals surface area (Å²) in [7, 11) is 8.33. The number of nitrogens with zero attached hydrogens (tertiary/aromatic N) is 4. The van der Waals surface area contributed by atoms with Gasteiger partial charge in [-0.15, -0.1) is 108 Å². The standard InChI is InChI=1S/3C27H20N.C26H20N.12C2H6.4Y/c1-19-10-9-15-24(27(19)26-16-7-8-17-28(26)2)25-18-20-11-3-4-12-21(20)22-13-5-6-14-23(22)25;1-19-17-21(14-15-22(19)27-13-7-8-16-28(27)2)26-18-20-9-3-4-10-23(20)24-11-5-6-12-25(24)26;1-19-14-15-21(17-25(19)27-13-7-8-16-28(27)2)26-18-20-9-3-4-10-22(20)23-11-5-6-12-24(23)26;1-18-12-13-20(17-24(18)25-11-3-4-14-27(25)2)23-15-21-9-5-7-19-8-6-10-22(16-23)26(19)21;12*1-2;;;;/h3-14,16-17H,1-2H3;3-13,15-17H,1-2H3;3-14,16-17H,1-2H3;3-9,11-14,16H,10H2,1-2H3;12*1-2H3;;;;/q4*-1;;;;;;;;;;;;;;;;. The fourth-order valence-electron chi connectivity index (χ4n) is 16.0. The van der Waals surface area contributed by atoms with E-state index in [4.69, 9.17) is 0 Å². The van der Waals surface area contributed by atoms with E-state index in [9.17, 15) is 0 Å². The van der Waals surface area contributed by atoms with Crippen LogP contribution in [0.3, 0.4) is 0 Å². The number of hydrogen-bond acceptors (Lipinski definition) is 0. The van der Waals surface area contributed by atoms with E-state index in [1.807, 2.05) is 178 Å². The third-order valence-electron chi connectivity index (χ3n) is 21.7. The molecule has 4 aromatic heterocycles. The van der Waals surface area contributed by atoms with Crippen molar-refractivity contribution in [3.8, 4) is 89.5 Å². The number of benzene rings is 15. The molecule has 139 heavy (non-hydrogen) atoms. The van der Waals surface area contributed by atoms with Crippen LogP contribution in [0, 0.1) is 76.2 Å². The Morgan fingerprint density at radius 2 is 0.604 bits per heavy atom. The molecule has 0 aliphatic heterocycles. The monoisotopic (exact) mass is 2140 g/mol. The van der Waals surface area contributed by atoms with Crippen LogP contribution in [0.5, 0.6) is 0 Å². The first-order valence-electron chi connectivity index (χ1n) is 49.9. The van der Waals surface area contributed by atoms with Crippen molar-refractivity contribution in [3.63, 3.8) is 0 Å². The Labute approximate surface area is 941 Å². The second-order valence-corrected chi connectivity index (χ2v) is 28.9. The van der Waals surface area contributed by atoms with Crippen LogP contribution >= 0.6 is 0 Å². The Balaban J connectivity index is 0.000000854. The summed E-state index contributed by atoms with van der Waals surface area (Å²) in [5, 5.41) is 17.1. The molecule has 4 heterocycles. The number of pyridine rings is 4. The van der Waals surface area contributed by atoms with Crippen LogP contribution in [0.15, 0.2) is 322 Å². The van der Waals surface area contributed by atoms with E-state index in [2.05, 4.69) is 439 Å². The number of rotatable bonds is 8. The minimum atomic E-state index is 0. The van der Waals surface area contributed by atoms with Gasteiger partial charge in [0.05, 0.1) is 0 Å². The summed E-state index contributed by atoms with van der Waals surface area (Å²) >= 11 is 0. The third-order valence-corrected chi connectivity index (χ3v) is 21.7. The van der Waals surface area contributed by atoms with Gasteiger partial charge in [-0.25, -0.2) is 29.4 Å². The number of allylic oxidation sites excluding steroid dienone is 1. The summed E-state index contributed by atoms with van der Waals surface area (Å²) in [5.74, 6) is 0. The molecule has 0 N–H and O–H groups in total. The summed E-state index contributed by atoms with van der Waals surface area (Å²) in [5.41, 5.74) is 25.9. The molecule has 19 aromatic rings. The molecule has 0 saturated heterocycles. The van der Waals surface area contributed by atoms with Gasteiger partial charge in [0.15, 0.2) is 41.9 Å². The molecule has 4 nitrogen and oxygen atoms in total. The summed E-state index contributed by atoms with van der Waals surface area (Å²) < 4.78 is 8.62. The molecule has 1 aliphatic rings. The molecule has 0 spiro atoms. The second-order valence-electron chi connectivity index (χ2n) is 28.9. The zero-order valence-electron chi connectivity index (χ0n) is 90.0. The Morgan fingerprint density at radius 1 is 0.237 bits per heavy atom. The number of hydrogen-bond donors (Lipinski definition) is 0. The normalized spacial score (nSPS) is 9.73. The molecule has 1 aliphatic carbocycles. The Morgan fingerprint density at radius 3 is 1.04 bits per heavy atom. The van der Waals surface area contributed by atoms with Crippen molar-refractivity contribution >= 4 is 81.5 Å². The van der Waals surface area contributed by atoms with Crippen molar-refractivity contribution in [1.29, 1.82) is 0 Å². The summed E-state index contributed by atoms with van der Waals surface area (Å²) in [4.78, 5) is 0. The van der Waals surface area contributed by atoms with E-state index >= 15 is 0 Å². The molecule has 20 rings (SSSR count). The fraction of sp³-hybridized carbons (Fsp3) is 0.252. The second kappa shape index (κ2) is 69.7. The molecule has 0 amide bonds. The molecular weight excluding hydrogens is 1990 g/mol. The van der Waals surface area contributed by atoms with Gasteiger partial charge in [-0.3, -0.25) is 0 Å². The number of fused-ring (bicyclic) bond motifs is 9. The molecule has 0 unspecified atom stereocenters. The van der Waals surface area contributed by atoms with Crippen LogP contribution in [0.4, 0.5) is 0 Å². The van der Waals surface area contributed by atoms with E-state index < -0.39 is 0 Å². The van der Waals surface area contributed by atoms with E-state index in [0.29, 0.717) is 0 Å². The van der Waals surface area contributed by atoms with Gasteiger partial charge in [0.1, 0.15) is 33.9 Å². The van der Waals surface area contributed by atoms with E-state index in [0.717, 1.165) is 72.7 Å². The minimum Gasteiger partial charge on any atom is -0.234 e. The smallest absolute Gasteiger partial charge is 0.193 e. The van der Waals surface area contributed by atoms with Gasteiger partial charge >= 0.3 is 0 Å². The molecule has 712 valence electrons. The first-order chi connectivity index (χ1) is 66.4. The van der Waals surface area contributed by atoms with E-state index in [1.54, 1.807) is 0 Å². The Hall–Kier alpha value is -9.12. The quantitative estimate of drug-likeness (QED) is 0.0819. The summed E-state index contributed by atoms with van der Waals surface area (Å²) in [6.07, 6.45) is 13.8. The SMILES string of the molecule is CC.CC.CC.CC.CC.CC.CC.CC.CC.CC.CC.CC.Cc1c[c-]c(-c2[c-]c3ccccc3c3ccccc23)cc1-c1cccc[n+]1C.Cc1cc(-c2[c-]c3ccccc3c3ccccc23)[c-]cc1-c1cccc[n+]1C.Cc1cc[c-]c(-c2[c-]c3ccccc3c3ccccc23)c1-c1cccc[n+]1C.Cc1ccc(-c2[c-]c3cccc4c3c(c2)CC=C4)[c-]c1-c1cccc[n+]1C.[Y].[Y].[Y].[Y]. The maximum absolute atomic E-state index is 3.70. The fourth-order valence-corrected chi connectivity index (χ4v) is 16.0. The van der Waals surface area contributed by atoms with Gasteiger partial charge in [0.25, 0.3) is 0 Å². The molecule has 15 aromatic carbocycles. The maximum atomic E-state index is 3.70. The van der Waals surface area contributed by atoms with Crippen molar-refractivity contribution in [3.05, 3.63) is 404 Å². The molecule has 0 atom stereocenters. The Bertz CT molecular complexity index is 6880. The Kier molecular flexibility index (Phi) is 64.1. The third kappa shape index (κ3) is 32.2. The van der Waals surface area contributed by atoms with Crippen LogP contribution < -0.4 is 18.3 Å².